The smallest absolute Gasteiger partial charge is 0.311 e. The van der Waals surface area contributed by atoms with Crippen LogP contribution in [0.1, 0.15) is 72.1 Å². The van der Waals surface area contributed by atoms with Crippen LogP contribution >= 0.6 is 0 Å². The molecule has 2 aliphatic rings. The number of ether oxygens (including phenoxy) is 3. The van der Waals surface area contributed by atoms with E-state index < -0.39 is 116 Å². The van der Waals surface area contributed by atoms with E-state index in [1.165, 1.54) is 7.11 Å². The van der Waals surface area contributed by atoms with Gasteiger partial charge in [0.15, 0.2) is 5.79 Å². The summed E-state index contributed by atoms with van der Waals surface area (Å²) in [6.45, 7) is 5.26. The molecule has 14 atom stereocenters. The van der Waals surface area contributed by atoms with E-state index in [1.54, 1.807) is 44.2 Å². The lowest BCUT2D eigenvalue weighted by atomic mass is 9.82. The number of allylic oxidation sites excluding steroid dienone is 12. The second-order valence-electron chi connectivity index (χ2n) is 14.9. The molecule has 1 saturated heterocycles. The Bertz CT molecular complexity index is 1390. The highest BCUT2D eigenvalue weighted by Crippen LogP contribution is 2.37. The van der Waals surface area contributed by atoms with Gasteiger partial charge in [-0.25, -0.2) is 0 Å². The summed E-state index contributed by atoms with van der Waals surface area (Å²) in [5.74, 6) is -6.29. The molecular formula is C42H64O14. The first-order chi connectivity index (χ1) is 26.5. The molecule has 0 amide bonds. The normalized spacial score (nSPS) is 42.0. The number of fused-ring (bicyclic) bond motifs is 2. The van der Waals surface area contributed by atoms with Crippen LogP contribution in [-0.2, 0) is 23.8 Å². The lowest BCUT2D eigenvalue weighted by molar-refractivity contribution is -0.300. The molecule has 14 nitrogen and oxygen atoms in total. The van der Waals surface area contributed by atoms with Crippen molar-refractivity contribution in [2.24, 2.45) is 17.8 Å². The molecule has 2 heterocycles. The van der Waals surface area contributed by atoms with Gasteiger partial charge in [-0.3, -0.25) is 9.59 Å². The molecule has 316 valence electrons. The molecule has 1 fully saturated rings. The third-order valence-electron chi connectivity index (χ3n) is 10.1. The highest BCUT2D eigenvalue weighted by atomic mass is 16.6. The van der Waals surface area contributed by atoms with E-state index in [0.29, 0.717) is 0 Å². The summed E-state index contributed by atoms with van der Waals surface area (Å²) in [6.07, 6.45) is 11.2. The second kappa shape index (κ2) is 25.2. The van der Waals surface area contributed by atoms with Crippen molar-refractivity contribution in [1.82, 2.24) is 0 Å². The fraction of sp³-hybridized carbons (Fsp3) is 0.619. The van der Waals surface area contributed by atoms with Crippen molar-refractivity contribution >= 4 is 11.9 Å². The maximum atomic E-state index is 12.5. The number of esters is 1. The zero-order chi connectivity index (χ0) is 41.8. The van der Waals surface area contributed by atoms with Gasteiger partial charge in [0.05, 0.1) is 61.4 Å². The van der Waals surface area contributed by atoms with Gasteiger partial charge >= 0.3 is 11.9 Å². The van der Waals surface area contributed by atoms with Gasteiger partial charge in [-0.15, -0.1) is 0 Å². The Hall–Kier alpha value is -3.28. The van der Waals surface area contributed by atoms with Crippen molar-refractivity contribution in [2.45, 2.75) is 139 Å². The third-order valence-corrected chi connectivity index (χ3v) is 10.1. The molecule has 9 N–H and O–H groups in total. The SMILES string of the molecule is CO[C@H]1C=C/C=C/C=C/C=C/C=C/C=C/C=C/[C@H](C)[C@@H](O)[C@@H](C)[C@H](C)OC(=O)C[C@H](O)C[C@H](O)CC[C@@H](O)[C@H](O)C[C@H](O)C[C@]2(O)C[C@H](O)[C@@H](C(=O)O)[C@H](C1)O2. The molecule has 0 spiro atoms. The molecule has 14 heteroatoms. The van der Waals surface area contributed by atoms with Crippen LogP contribution < -0.4 is 0 Å². The number of aliphatic carboxylic acids is 1. The summed E-state index contributed by atoms with van der Waals surface area (Å²) in [5.41, 5.74) is 0. The summed E-state index contributed by atoms with van der Waals surface area (Å²) in [5, 5.41) is 95.5. The second-order valence-corrected chi connectivity index (χ2v) is 14.9. The van der Waals surface area contributed by atoms with Crippen LogP contribution in [0.3, 0.4) is 0 Å². The maximum absolute atomic E-state index is 12.5. The first kappa shape index (κ1) is 48.9. The van der Waals surface area contributed by atoms with E-state index >= 15 is 0 Å². The van der Waals surface area contributed by atoms with Crippen LogP contribution in [0, 0.1) is 17.8 Å². The van der Waals surface area contributed by atoms with Crippen molar-refractivity contribution in [1.29, 1.82) is 0 Å². The molecule has 2 rings (SSSR count). The minimum absolute atomic E-state index is 0.0543. The molecule has 56 heavy (non-hydrogen) atoms. The number of hydrogen-bond donors (Lipinski definition) is 9. The van der Waals surface area contributed by atoms with Gasteiger partial charge in [-0.2, -0.15) is 0 Å². The molecule has 0 radical (unpaired) electrons. The topological polar surface area (TPSA) is 244 Å². The lowest BCUT2D eigenvalue weighted by Crippen LogP contribution is -2.56. The quantitative estimate of drug-likeness (QED) is 0.183. The lowest BCUT2D eigenvalue weighted by Gasteiger charge is -2.44. The Kier molecular flexibility index (Phi) is 22.0. The predicted octanol–water partition coefficient (Wildman–Crippen LogP) is 2.55. The highest BCUT2D eigenvalue weighted by molar-refractivity contribution is 5.71. The molecule has 0 unspecified atom stereocenters. The number of rotatable bonds is 2. The number of carbonyl (C=O) groups is 2. The Labute approximate surface area is 330 Å². The van der Waals surface area contributed by atoms with E-state index in [2.05, 4.69) is 0 Å². The van der Waals surface area contributed by atoms with Crippen LogP contribution in [0.4, 0.5) is 0 Å². The van der Waals surface area contributed by atoms with Gasteiger partial charge in [-0.1, -0.05) is 98.9 Å². The van der Waals surface area contributed by atoms with Gasteiger partial charge in [0.25, 0.3) is 0 Å². The monoisotopic (exact) mass is 792 g/mol. The van der Waals surface area contributed by atoms with E-state index in [4.69, 9.17) is 14.2 Å². The average molecular weight is 793 g/mol. The van der Waals surface area contributed by atoms with Gasteiger partial charge < -0.3 is 60.2 Å². The molecule has 0 saturated carbocycles. The summed E-state index contributed by atoms with van der Waals surface area (Å²) in [7, 11) is 1.42. The highest BCUT2D eigenvalue weighted by Gasteiger charge is 2.50. The summed E-state index contributed by atoms with van der Waals surface area (Å²) >= 11 is 0. The van der Waals surface area contributed by atoms with Gasteiger partial charge in [0.1, 0.15) is 12.0 Å². The van der Waals surface area contributed by atoms with Crippen LogP contribution in [0.15, 0.2) is 85.1 Å². The number of cyclic esters (lactones) is 1. The zero-order valence-corrected chi connectivity index (χ0v) is 32.8. The predicted molar refractivity (Wildman–Crippen MR) is 209 cm³/mol. The number of hydrogen-bond acceptors (Lipinski definition) is 13. The third kappa shape index (κ3) is 17.9. The van der Waals surface area contributed by atoms with Crippen LogP contribution in [-0.4, -0.2) is 132 Å². The molecular weight excluding hydrogens is 728 g/mol. The standard InChI is InChI=1S/C42H64O14/c1-27-17-15-13-11-9-7-5-6-8-10-12-14-16-18-33(54-4)24-37-39(41(51)52)36(48)26-42(53,56-37)25-32(45)22-35(47)34(46)20-19-30(43)21-31(44)23-38(49)55-29(3)28(2)40(27)50/h5-18,27-37,39-40,43-48,50,53H,19-26H2,1-4H3,(H,51,52)/b6-5+,9-7+,10-8+,13-11+,14-12+,17-15+,18-16?/t27-,28-,29-,30+,31+,32-,33-,34+,35+,36-,37-,39+,40+,42+/m0/s1. The Morgan fingerprint density at radius 2 is 1.25 bits per heavy atom. The van der Waals surface area contributed by atoms with Crippen molar-refractivity contribution < 1.29 is 69.8 Å². The van der Waals surface area contributed by atoms with E-state index in [-0.39, 0.29) is 31.6 Å². The summed E-state index contributed by atoms with van der Waals surface area (Å²) < 4.78 is 16.8. The van der Waals surface area contributed by atoms with E-state index in [9.17, 15) is 55.5 Å². The minimum atomic E-state index is -2.17. The number of carboxylic acid groups (broad SMARTS) is 1. The van der Waals surface area contributed by atoms with Crippen molar-refractivity contribution in [3.63, 3.8) is 0 Å². The number of carbonyl (C=O) groups excluding carboxylic acids is 1. The molecule has 0 aromatic rings. The van der Waals surface area contributed by atoms with E-state index in [0.717, 1.165) is 0 Å². The van der Waals surface area contributed by atoms with Gasteiger partial charge in [0, 0.05) is 44.6 Å². The summed E-state index contributed by atoms with van der Waals surface area (Å²) in [6, 6.07) is 0. The van der Waals surface area contributed by atoms with Crippen molar-refractivity contribution in [3.05, 3.63) is 85.1 Å². The largest absolute Gasteiger partial charge is 0.481 e. The maximum Gasteiger partial charge on any atom is 0.311 e. The van der Waals surface area contributed by atoms with Crippen LogP contribution in [0.25, 0.3) is 0 Å². The number of carboxylic acids is 1. The van der Waals surface area contributed by atoms with Gasteiger partial charge in [0.2, 0.25) is 0 Å². The molecule has 0 aromatic carbocycles. The molecule has 0 aromatic heterocycles. The first-order valence-electron chi connectivity index (χ1n) is 19.3. The molecule has 0 aliphatic carbocycles. The van der Waals surface area contributed by atoms with Crippen LogP contribution in [0.5, 0.6) is 0 Å². The van der Waals surface area contributed by atoms with Crippen molar-refractivity contribution in [3.8, 4) is 0 Å². The van der Waals surface area contributed by atoms with Gasteiger partial charge in [-0.05, 0) is 26.2 Å². The Balaban J connectivity index is 2.21. The minimum Gasteiger partial charge on any atom is -0.481 e. The Morgan fingerprint density at radius 3 is 1.80 bits per heavy atom. The number of aliphatic hydroxyl groups is 8. The fourth-order valence-electron chi connectivity index (χ4n) is 6.69. The molecule has 2 aliphatic heterocycles. The Morgan fingerprint density at radius 1 is 0.696 bits per heavy atom. The zero-order valence-electron chi connectivity index (χ0n) is 32.8. The fourth-order valence-corrected chi connectivity index (χ4v) is 6.69. The van der Waals surface area contributed by atoms with E-state index in [1.807, 2.05) is 61.6 Å². The van der Waals surface area contributed by atoms with Crippen molar-refractivity contribution in [2.75, 3.05) is 7.11 Å². The first-order valence-corrected chi connectivity index (χ1v) is 19.3. The molecule has 2 bridgehead atoms. The number of methoxy groups -OCH3 is 1. The average Bonchev–Trinajstić information content (AvgIpc) is 3.11. The summed E-state index contributed by atoms with van der Waals surface area (Å²) in [4.78, 5) is 24.6. The van der Waals surface area contributed by atoms with Crippen LogP contribution in [0.2, 0.25) is 0 Å². The number of aliphatic hydroxyl groups excluding tert-OH is 7.